The van der Waals surface area contributed by atoms with Crippen LogP contribution < -0.4 is 5.32 Å². The molecule has 2 aromatic heterocycles. The van der Waals surface area contributed by atoms with Crippen LogP contribution in [0.25, 0.3) is 0 Å². The van der Waals surface area contributed by atoms with Gasteiger partial charge in [0, 0.05) is 30.5 Å². The van der Waals surface area contributed by atoms with Gasteiger partial charge in [-0.25, -0.2) is 14.4 Å². The first-order chi connectivity index (χ1) is 11.5. The molecule has 1 aromatic carbocycles. The highest BCUT2D eigenvalue weighted by atomic mass is 35.5. The van der Waals surface area contributed by atoms with E-state index in [9.17, 15) is 9.18 Å². The molecule has 0 bridgehead atoms. The van der Waals surface area contributed by atoms with Gasteiger partial charge in [-0.05, 0) is 42.1 Å². The monoisotopic (exact) mass is 362 g/mol. The third-order valence-electron chi connectivity index (χ3n) is 3.17. The SMILES string of the molecule is Cn1ccnc1Sc1ccc(F)cc1NC(=O)c1cccnc1Cl. The molecule has 122 valence electrons. The number of hydrogen-bond donors (Lipinski definition) is 1. The summed E-state index contributed by atoms with van der Waals surface area (Å²) >= 11 is 7.25. The number of rotatable bonds is 4. The number of nitrogens with one attached hydrogen (secondary N) is 1. The van der Waals surface area contributed by atoms with Crippen molar-refractivity contribution >= 4 is 35.0 Å². The number of aryl methyl sites for hydroxylation is 1. The molecule has 0 aliphatic heterocycles. The highest BCUT2D eigenvalue weighted by Gasteiger charge is 2.15. The van der Waals surface area contributed by atoms with Crippen molar-refractivity contribution in [1.29, 1.82) is 0 Å². The molecule has 5 nitrogen and oxygen atoms in total. The van der Waals surface area contributed by atoms with E-state index in [2.05, 4.69) is 15.3 Å². The normalized spacial score (nSPS) is 10.6. The van der Waals surface area contributed by atoms with Crippen LogP contribution in [0.3, 0.4) is 0 Å². The first-order valence-corrected chi connectivity index (χ1v) is 8.10. The van der Waals surface area contributed by atoms with Crippen molar-refractivity contribution in [2.75, 3.05) is 5.32 Å². The quantitative estimate of drug-likeness (QED) is 0.712. The largest absolute Gasteiger partial charge is 0.329 e. The van der Waals surface area contributed by atoms with E-state index in [1.54, 1.807) is 30.6 Å². The highest BCUT2D eigenvalue weighted by Crippen LogP contribution is 2.33. The fourth-order valence-corrected chi connectivity index (χ4v) is 3.06. The predicted molar refractivity (Wildman–Crippen MR) is 90.9 cm³/mol. The van der Waals surface area contributed by atoms with Gasteiger partial charge in [-0.15, -0.1) is 0 Å². The molecule has 24 heavy (non-hydrogen) atoms. The molecule has 2 heterocycles. The van der Waals surface area contributed by atoms with Crippen LogP contribution in [0, 0.1) is 5.82 Å². The van der Waals surface area contributed by atoms with Crippen LogP contribution >= 0.6 is 23.4 Å². The summed E-state index contributed by atoms with van der Waals surface area (Å²) in [7, 11) is 1.85. The second-order valence-corrected chi connectivity index (χ2v) is 6.23. The minimum absolute atomic E-state index is 0.0877. The zero-order valence-electron chi connectivity index (χ0n) is 12.5. The molecule has 0 unspecified atom stereocenters. The predicted octanol–water partition coefficient (Wildman–Crippen LogP) is 4.01. The van der Waals surface area contributed by atoms with Crippen LogP contribution in [0.2, 0.25) is 5.15 Å². The van der Waals surface area contributed by atoms with Crippen molar-refractivity contribution in [2.24, 2.45) is 7.05 Å². The molecule has 0 fully saturated rings. The second-order valence-electron chi connectivity index (χ2n) is 4.86. The number of carbonyl (C=O) groups is 1. The molecule has 0 spiro atoms. The summed E-state index contributed by atoms with van der Waals surface area (Å²) in [6.07, 6.45) is 4.96. The highest BCUT2D eigenvalue weighted by molar-refractivity contribution is 7.99. The van der Waals surface area contributed by atoms with Crippen molar-refractivity contribution in [2.45, 2.75) is 10.1 Å². The summed E-state index contributed by atoms with van der Waals surface area (Å²) in [6, 6.07) is 7.34. The minimum Gasteiger partial charge on any atom is -0.329 e. The summed E-state index contributed by atoms with van der Waals surface area (Å²) in [6.45, 7) is 0. The lowest BCUT2D eigenvalue weighted by atomic mass is 10.2. The molecule has 0 saturated carbocycles. The van der Waals surface area contributed by atoms with Crippen LogP contribution in [-0.2, 0) is 7.05 Å². The molecule has 3 aromatic rings. The Morgan fingerprint density at radius 3 is 2.83 bits per heavy atom. The van der Waals surface area contributed by atoms with E-state index in [-0.39, 0.29) is 10.7 Å². The van der Waals surface area contributed by atoms with E-state index in [1.165, 1.54) is 30.1 Å². The first-order valence-electron chi connectivity index (χ1n) is 6.91. The molecule has 1 amide bonds. The zero-order valence-corrected chi connectivity index (χ0v) is 14.1. The maximum Gasteiger partial charge on any atom is 0.258 e. The molecular formula is C16H12ClFN4OS. The van der Waals surface area contributed by atoms with Crippen molar-refractivity contribution < 1.29 is 9.18 Å². The third-order valence-corrected chi connectivity index (χ3v) is 4.62. The van der Waals surface area contributed by atoms with Gasteiger partial charge in [0.25, 0.3) is 5.91 Å². The second kappa shape index (κ2) is 7.02. The van der Waals surface area contributed by atoms with Gasteiger partial charge in [-0.1, -0.05) is 11.6 Å². The number of halogens is 2. The number of carbonyl (C=O) groups excluding carboxylic acids is 1. The van der Waals surface area contributed by atoms with Gasteiger partial charge in [0.15, 0.2) is 5.16 Å². The lowest BCUT2D eigenvalue weighted by Crippen LogP contribution is -2.13. The van der Waals surface area contributed by atoms with Crippen molar-refractivity contribution in [3.8, 4) is 0 Å². The van der Waals surface area contributed by atoms with Gasteiger partial charge >= 0.3 is 0 Å². The standard InChI is InChI=1S/C16H12ClFN4OS/c1-22-8-7-20-16(22)24-13-5-4-10(18)9-12(13)21-15(23)11-3-2-6-19-14(11)17/h2-9H,1H3,(H,21,23). The Morgan fingerprint density at radius 1 is 1.29 bits per heavy atom. The number of nitrogens with zero attached hydrogens (tertiary/aromatic N) is 3. The van der Waals surface area contributed by atoms with Crippen molar-refractivity contribution in [1.82, 2.24) is 14.5 Å². The Labute approximate surface area is 146 Å². The molecular weight excluding hydrogens is 351 g/mol. The smallest absolute Gasteiger partial charge is 0.258 e. The lowest BCUT2D eigenvalue weighted by molar-refractivity contribution is 0.102. The topological polar surface area (TPSA) is 59.8 Å². The number of anilines is 1. The molecule has 0 radical (unpaired) electrons. The fraction of sp³-hybridized carbons (Fsp3) is 0.0625. The number of hydrogen-bond acceptors (Lipinski definition) is 4. The Balaban J connectivity index is 1.90. The molecule has 0 saturated heterocycles. The van der Waals surface area contributed by atoms with Gasteiger partial charge in [0.1, 0.15) is 11.0 Å². The van der Waals surface area contributed by atoms with E-state index in [0.717, 1.165) is 5.16 Å². The van der Waals surface area contributed by atoms with Gasteiger partial charge in [0.2, 0.25) is 0 Å². The van der Waals surface area contributed by atoms with Crippen LogP contribution in [0.15, 0.2) is 59.0 Å². The van der Waals surface area contributed by atoms with E-state index < -0.39 is 11.7 Å². The molecule has 0 atom stereocenters. The fourth-order valence-electron chi connectivity index (χ4n) is 1.98. The Hall–Kier alpha value is -2.38. The number of imidazole rings is 1. The average molecular weight is 363 g/mol. The average Bonchev–Trinajstić information content (AvgIpc) is 2.95. The van der Waals surface area contributed by atoms with E-state index in [4.69, 9.17) is 11.6 Å². The zero-order chi connectivity index (χ0) is 17.1. The summed E-state index contributed by atoms with van der Waals surface area (Å²) in [5.74, 6) is -0.910. The molecule has 0 aliphatic carbocycles. The molecule has 1 N–H and O–H groups in total. The molecule has 3 rings (SSSR count). The number of amides is 1. The van der Waals surface area contributed by atoms with Gasteiger partial charge in [0.05, 0.1) is 11.3 Å². The van der Waals surface area contributed by atoms with E-state index in [1.807, 2.05) is 11.6 Å². The summed E-state index contributed by atoms with van der Waals surface area (Å²) in [5.41, 5.74) is 0.560. The summed E-state index contributed by atoms with van der Waals surface area (Å²) in [5, 5.41) is 3.49. The molecule has 8 heteroatoms. The maximum absolute atomic E-state index is 13.6. The first kappa shape index (κ1) is 16.5. The van der Waals surface area contributed by atoms with Crippen LogP contribution in [0.5, 0.6) is 0 Å². The number of pyridine rings is 1. The van der Waals surface area contributed by atoms with E-state index in [0.29, 0.717) is 10.6 Å². The Bertz CT molecular complexity index is 899. The number of aromatic nitrogens is 3. The summed E-state index contributed by atoms with van der Waals surface area (Å²) < 4.78 is 15.4. The minimum atomic E-state index is -0.458. The number of benzene rings is 1. The molecule has 0 aliphatic rings. The van der Waals surface area contributed by atoms with Gasteiger partial charge in [-0.2, -0.15) is 0 Å². The van der Waals surface area contributed by atoms with Crippen LogP contribution in [0.4, 0.5) is 10.1 Å². The van der Waals surface area contributed by atoms with Gasteiger partial charge < -0.3 is 9.88 Å². The van der Waals surface area contributed by atoms with Crippen LogP contribution in [-0.4, -0.2) is 20.4 Å². The van der Waals surface area contributed by atoms with Crippen molar-refractivity contribution in [3.05, 3.63) is 65.5 Å². The lowest BCUT2D eigenvalue weighted by Gasteiger charge is -2.11. The van der Waals surface area contributed by atoms with Gasteiger partial charge in [-0.3, -0.25) is 4.79 Å². The van der Waals surface area contributed by atoms with Crippen molar-refractivity contribution in [3.63, 3.8) is 0 Å². The van der Waals surface area contributed by atoms with Crippen LogP contribution in [0.1, 0.15) is 10.4 Å². The maximum atomic E-state index is 13.6. The Morgan fingerprint density at radius 2 is 2.12 bits per heavy atom. The van der Waals surface area contributed by atoms with E-state index >= 15 is 0 Å². The Kier molecular flexibility index (Phi) is 4.82. The third kappa shape index (κ3) is 3.58. The summed E-state index contributed by atoms with van der Waals surface area (Å²) in [4.78, 5) is 21.1.